The predicted molar refractivity (Wildman–Crippen MR) is 179 cm³/mol. The first kappa shape index (κ1) is 40.6. The minimum Gasteiger partial charge on any atom is -0.481 e. The van der Waals surface area contributed by atoms with Gasteiger partial charge in [0.05, 0.1) is 4.90 Å². The van der Waals surface area contributed by atoms with Crippen LogP contribution >= 0.6 is 0 Å². The van der Waals surface area contributed by atoms with E-state index < -0.39 is 16.1 Å². The van der Waals surface area contributed by atoms with Gasteiger partial charge in [-0.25, -0.2) is 0 Å². The third-order valence-electron chi connectivity index (χ3n) is 8.04. The number of unbranched alkanes of at least 4 members (excludes halogenated alkanes) is 23. The molecule has 0 saturated heterocycles. The van der Waals surface area contributed by atoms with Gasteiger partial charge >= 0.3 is 5.97 Å². The molecule has 0 radical (unpaired) electrons. The van der Waals surface area contributed by atoms with E-state index in [1.54, 1.807) is 12.1 Å². The summed E-state index contributed by atoms with van der Waals surface area (Å²) in [7, 11) is -4.10. The predicted octanol–water partition coefficient (Wildman–Crippen LogP) is 11.7. The SMILES string of the molecule is CCCCCCCCCCCCCCCCCC(=O)O.CCCCCCCCCCCCc1ccccc1S(=O)(=O)O. The average Bonchev–Trinajstić information content (AvgIpc) is 2.96. The van der Waals surface area contributed by atoms with Crippen LogP contribution in [0.1, 0.15) is 186 Å². The lowest BCUT2D eigenvalue weighted by atomic mass is 10.0. The first-order valence-corrected chi connectivity index (χ1v) is 19.0. The van der Waals surface area contributed by atoms with E-state index in [-0.39, 0.29) is 4.90 Å². The maximum Gasteiger partial charge on any atom is 0.303 e. The van der Waals surface area contributed by atoms with Crippen LogP contribution in [0.4, 0.5) is 0 Å². The van der Waals surface area contributed by atoms with Crippen molar-refractivity contribution in [1.29, 1.82) is 0 Å². The lowest BCUT2D eigenvalue weighted by molar-refractivity contribution is -0.137. The molecular weight excluding hydrogens is 544 g/mol. The molecule has 1 aromatic carbocycles. The Labute approximate surface area is 260 Å². The van der Waals surface area contributed by atoms with E-state index in [9.17, 15) is 17.8 Å². The van der Waals surface area contributed by atoms with E-state index in [2.05, 4.69) is 13.8 Å². The topological polar surface area (TPSA) is 91.7 Å². The lowest BCUT2D eigenvalue weighted by Gasteiger charge is -2.07. The summed E-state index contributed by atoms with van der Waals surface area (Å²) in [5.74, 6) is -0.653. The molecule has 0 spiro atoms. The molecule has 1 rings (SSSR count). The molecule has 0 unspecified atom stereocenters. The van der Waals surface area contributed by atoms with Crippen molar-refractivity contribution in [1.82, 2.24) is 0 Å². The zero-order chi connectivity index (χ0) is 31.2. The number of carboxylic acid groups (broad SMARTS) is 1. The van der Waals surface area contributed by atoms with E-state index in [0.29, 0.717) is 12.8 Å². The third-order valence-corrected chi connectivity index (χ3v) is 9.00. The maximum atomic E-state index is 11.3. The Balaban J connectivity index is 0.000000805. The van der Waals surface area contributed by atoms with E-state index in [4.69, 9.17) is 5.11 Å². The average molecular weight is 611 g/mol. The van der Waals surface area contributed by atoms with Gasteiger partial charge in [-0.2, -0.15) is 8.42 Å². The van der Waals surface area contributed by atoms with Crippen molar-refractivity contribution in [2.75, 3.05) is 0 Å². The Kier molecular flexibility index (Phi) is 28.7. The van der Waals surface area contributed by atoms with Gasteiger partial charge in [0.1, 0.15) is 0 Å². The van der Waals surface area contributed by atoms with Crippen LogP contribution in [0, 0.1) is 0 Å². The van der Waals surface area contributed by atoms with Gasteiger partial charge in [0, 0.05) is 6.42 Å². The van der Waals surface area contributed by atoms with Crippen molar-refractivity contribution in [2.45, 2.75) is 192 Å². The van der Waals surface area contributed by atoms with Crippen LogP contribution < -0.4 is 0 Å². The number of benzene rings is 1. The molecule has 0 atom stereocenters. The van der Waals surface area contributed by atoms with Crippen LogP contribution in [-0.2, 0) is 21.3 Å². The molecule has 0 fully saturated rings. The third kappa shape index (κ3) is 27.4. The number of hydrogen-bond donors (Lipinski definition) is 2. The zero-order valence-electron chi connectivity index (χ0n) is 27.4. The molecular formula is C36H66O5S. The maximum absolute atomic E-state index is 11.3. The fourth-order valence-corrected chi connectivity index (χ4v) is 6.16. The van der Waals surface area contributed by atoms with Crippen molar-refractivity contribution < 1.29 is 22.9 Å². The Bertz CT molecular complexity index is 837. The molecule has 1 aromatic rings. The van der Waals surface area contributed by atoms with Crippen LogP contribution in [-0.4, -0.2) is 24.0 Å². The summed E-state index contributed by atoms with van der Waals surface area (Å²) in [5.41, 5.74) is 0.726. The van der Waals surface area contributed by atoms with Crippen molar-refractivity contribution in [2.24, 2.45) is 0 Å². The fourth-order valence-electron chi connectivity index (χ4n) is 5.41. The molecule has 6 heteroatoms. The van der Waals surface area contributed by atoms with Gasteiger partial charge in [0.2, 0.25) is 0 Å². The van der Waals surface area contributed by atoms with Crippen LogP contribution in [0.5, 0.6) is 0 Å². The first-order chi connectivity index (χ1) is 20.3. The number of carboxylic acids is 1. The zero-order valence-corrected chi connectivity index (χ0v) is 28.2. The van der Waals surface area contributed by atoms with Crippen molar-refractivity contribution in [3.05, 3.63) is 29.8 Å². The minimum atomic E-state index is -4.10. The normalized spacial score (nSPS) is 11.3. The summed E-state index contributed by atoms with van der Waals surface area (Å²) in [6.07, 6.45) is 33.5. The Hall–Kier alpha value is -1.40. The molecule has 0 aliphatic heterocycles. The molecule has 5 nitrogen and oxygen atoms in total. The van der Waals surface area contributed by atoms with Crippen molar-refractivity contribution in [3.63, 3.8) is 0 Å². The van der Waals surface area contributed by atoms with Crippen LogP contribution in [0.15, 0.2) is 29.2 Å². The molecule has 0 saturated carbocycles. The lowest BCUT2D eigenvalue weighted by Crippen LogP contribution is -2.03. The van der Waals surface area contributed by atoms with Crippen molar-refractivity contribution in [3.8, 4) is 0 Å². The van der Waals surface area contributed by atoms with Gasteiger partial charge in [0.15, 0.2) is 0 Å². The van der Waals surface area contributed by atoms with E-state index in [0.717, 1.165) is 31.2 Å². The monoisotopic (exact) mass is 610 g/mol. The molecule has 0 bridgehead atoms. The highest BCUT2D eigenvalue weighted by molar-refractivity contribution is 7.85. The van der Waals surface area contributed by atoms with Gasteiger partial charge in [-0.3, -0.25) is 9.35 Å². The van der Waals surface area contributed by atoms with Crippen LogP contribution in [0.2, 0.25) is 0 Å². The van der Waals surface area contributed by atoms with E-state index in [1.807, 2.05) is 6.07 Å². The molecule has 42 heavy (non-hydrogen) atoms. The summed E-state index contributed by atoms with van der Waals surface area (Å²) in [6.45, 7) is 4.51. The minimum absolute atomic E-state index is 0.0610. The number of rotatable bonds is 28. The first-order valence-electron chi connectivity index (χ1n) is 17.6. The van der Waals surface area contributed by atoms with Gasteiger partial charge in [-0.1, -0.05) is 180 Å². The molecule has 0 heterocycles. The fraction of sp³-hybridized carbons (Fsp3) is 0.806. The van der Waals surface area contributed by atoms with Crippen molar-refractivity contribution >= 4 is 16.1 Å². The molecule has 246 valence electrons. The number of aliphatic carboxylic acids is 1. The standard InChI is InChI=1S/C18H30O3S.C18H36O2/c1-2-3-4-5-6-7-8-9-10-11-14-17-15-12-13-16-18(17)22(19,20)21;1-2-3-4-5-6-7-8-9-10-11-12-13-14-15-16-17-18(19)20/h12-13,15-16H,2-11,14H2,1H3,(H,19,20,21);2-17H2,1H3,(H,19,20). The second-order valence-corrected chi connectivity index (χ2v) is 13.5. The summed E-state index contributed by atoms with van der Waals surface area (Å²) >= 11 is 0. The Morgan fingerprint density at radius 2 is 0.881 bits per heavy atom. The van der Waals surface area contributed by atoms with Gasteiger partial charge in [-0.15, -0.1) is 0 Å². The highest BCUT2D eigenvalue weighted by Gasteiger charge is 2.13. The quantitative estimate of drug-likeness (QED) is 0.0727. The Morgan fingerprint density at radius 1 is 0.548 bits per heavy atom. The second kappa shape index (κ2) is 29.7. The molecule has 2 N–H and O–H groups in total. The summed E-state index contributed by atoms with van der Waals surface area (Å²) in [4.78, 5) is 10.4. The molecule has 0 amide bonds. The summed E-state index contributed by atoms with van der Waals surface area (Å²) in [5, 5.41) is 8.52. The highest BCUT2D eigenvalue weighted by atomic mass is 32.2. The Morgan fingerprint density at radius 3 is 1.24 bits per heavy atom. The summed E-state index contributed by atoms with van der Waals surface area (Å²) < 4.78 is 31.8. The molecule has 0 aliphatic rings. The molecule has 0 aliphatic carbocycles. The number of hydrogen-bond acceptors (Lipinski definition) is 3. The van der Waals surface area contributed by atoms with Gasteiger partial charge in [-0.05, 0) is 30.9 Å². The largest absolute Gasteiger partial charge is 0.481 e. The van der Waals surface area contributed by atoms with E-state index in [1.165, 1.54) is 141 Å². The smallest absolute Gasteiger partial charge is 0.303 e. The second-order valence-electron chi connectivity index (χ2n) is 12.1. The molecule has 0 aromatic heterocycles. The number of aryl methyl sites for hydroxylation is 1. The number of carbonyl (C=O) groups is 1. The van der Waals surface area contributed by atoms with Gasteiger partial charge in [0.25, 0.3) is 10.1 Å². The van der Waals surface area contributed by atoms with Gasteiger partial charge < -0.3 is 5.11 Å². The van der Waals surface area contributed by atoms with E-state index >= 15 is 0 Å². The highest BCUT2D eigenvalue weighted by Crippen LogP contribution is 2.19. The summed E-state index contributed by atoms with van der Waals surface area (Å²) in [6, 6.07) is 6.73. The van der Waals surface area contributed by atoms with Crippen LogP contribution in [0.3, 0.4) is 0 Å². The van der Waals surface area contributed by atoms with Crippen LogP contribution in [0.25, 0.3) is 0 Å².